The SMILES string of the molecule is CN(C)C(=O)Cn1ccc2c(Br)cccc21. The number of amides is 1. The van der Waals surface area contributed by atoms with Gasteiger partial charge in [-0.1, -0.05) is 22.0 Å². The van der Waals surface area contributed by atoms with Crippen molar-refractivity contribution in [2.75, 3.05) is 14.1 Å². The van der Waals surface area contributed by atoms with Gasteiger partial charge in [0.15, 0.2) is 0 Å². The van der Waals surface area contributed by atoms with Gasteiger partial charge in [0.05, 0.1) is 0 Å². The van der Waals surface area contributed by atoms with Crippen LogP contribution in [0.2, 0.25) is 0 Å². The monoisotopic (exact) mass is 280 g/mol. The summed E-state index contributed by atoms with van der Waals surface area (Å²) < 4.78 is 3.02. The van der Waals surface area contributed by atoms with Gasteiger partial charge in [-0.15, -0.1) is 0 Å². The number of hydrogen-bond acceptors (Lipinski definition) is 1. The molecule has 0 bridgehead atoms. The van der Waals surface area contributed by atoms with Gasteiger partial charge >= 0.3 is 0 Å². The summed E-state index contributed by atoms with van der Waals surface area (Å²) in [4.78, 5) is 13.2. The molecule has 1 amide bonds. The lowest BCUT2D eigenvalue weighted by molar-refractivity contribution is -0.129. The lowest BCUT2D eigenvalue weighted by Gasteiger charge is -2.11. The predicted octanol–water partition coefficient (Wildman–Crippen LogP) is 2.49. The van der Waals surface area contributed by atoms with Gasteiger partial charge < -0.3 is 9.47 Å². The number of aromatic nitrogens is 1. The minimum Gasteiger partial charge on any atom is -0.347 e. The van der Waals surface area contributed by atoms with Gasteiger partial charge in [-0.3, -0.25) is 4.79 Å². The zero-order valence-corrected chi connectivity index (χ0v) is 10.9. The third-order valence-corrected chi connectivity index (χ3v) is 3.26. The Kier molecular flexibility index (Phi) is 3.01. The van der Waals surface area contributed by atoms with Crippen molar-refractivity contribution in [3.63, 3.8) is 0 Å². The van der Waals surface area contributed by atoms with E-state index >= 15 is 0 Å². The van der Waals surface area contributed by atoms with Crippen LogP contribution in [0.5, 0.6) is 0 Å². The Labute approximate surface area is 103 Å². The van der Waals surface area contributed by atoms with Crippen LogP contribution in [0, 0.1) is 0 Å². The van der Waals surface area contributed by atoms with E-state index in [-0.39, 0.29) is 5.91 Å². The van der Waals surface area contributed by atoms with E-state index in [2.05, 4.69) is 15.9 Å². The van der Waals surface area contributed by atoms with Gasteiger partial charge in [0, 0.05) is 35.7 Å². The number of nitrogens with zero attached hydrogens (tertiary/aromatic N) is 2. The first-order valence-electron chi connectivity index (χ1n) is 5.03. The van der Waals surface area contributed by atoms with E-state index in [4.69, 9.17) is 0 Å². The normalized spacial score (nSPS) is 10.7. The summed E-state index contributed by atoms with van der Waals surface area (Å²) in [6, 6.07) is 8.01. The molecule has 0 saturated carbocycles. The summed E-state index contributed by atoms with van der Waals surface area (Å²) in [5.74, 6) is 0.0949. The van der Waals surface area contributed by atoms with Crippen molar-refractivity contribution in [1.82, 2.24) is 9.47 Å². The third kappa shape index (κ3) is 1.97. The molecule has 1 aromatic carbocycles. The van der Waals surface area contributed by atoms with E-state index in [1.807, 2.05) is 35.0 Å². The Bertz CT molecular complexity index is 531. The zero-order valence-electron chi connectivity index (χ0n) is 9.27. The second kappa shape index (κ2) is 4.29. The number of benzene rings is 1. The quantitative estimate of drug-likeness (QED) is 0.830. The number of carbonyl (C=O) groups is 1. The highest BCUT2D eigenvalue weighted by atomic mass is 79.9. The molecule has 2 rings (SSSR count). The van der Waals surface area contributed by atoms with Gasteiger partial charge in [0.1, 0.15) is 6.54 Å². The van der Waals surface area contributed by atoms with Crippen molar-refractivity contribution in [2.45, 2.75) is 6.54 Å². The molecule has 2 aromatic rings. The standard InChI is InChI=1S/C12H13BrN2O/c1-14(2)12(16)8-15-7-6-9-10(13)4-3-5-11(9)15/h3-7H,8H2,1-2H3. The van der Waals surface area contributed by atoms with Crippen LogP contribution in [0.15, 0.2) is 34.9 Å². The van der Waals surface area contributed by atoms with E-state index in [1.165, 1.54) is 0 Å². The van der Waals surface area contributed by atoms with Crippen molar-refractivity contribution in [1.29, 1.82) is 0 Å². The van der Waals surface area contributed by atoms with Crippen LogP contribution >= 0.6 is 15.9 Å². The molecule has 0 aliphatic carbocycles. The maximum Gasteiger partial charge on any atom is 0.241 e. The summed E-state index contributed by atoms with van der Waals surface area (Å²) in [6.45, 7) is 0.382. The smallest absolute Gasteiger partial charge is 0.241 e. The molecule has 0 aliphatic heterocycles. The Morgan fingerprint density at radius 2 is 2.12 bits per heavy atom. The molecule has 3 nitrogen and oxygen atoms in total. The zero-order chi connectivity index (χ0) is 11.7. The molecular weight excluding hydrogens is 268 g/mol. The maximum absolute atomic E-state index is 11.6. The van der Waals surface area contributed by atoms with Gasteiger partial charge in [0.25, 0.3) is 0 Å². The van der Waals surface area contributed by atoms with E-state index in [0.29, 0.717) is 6.54 Å². The first-order valence-corrected chi connectivity index (χ1v) is 5.82. The molecular formula is C12H13BrN2O. The minimum atomic E-state index is 0.0949. The largest absolute Gasteiger partial charge is 0.347 e. The molecule has 16 heavy (non-hydrogen) atoms. The van der Waals surface area contributed by atoms with E-state index in [9.17, 15) is 4.79 Å². The lowest BCUT2D eigenvalue weighted by atomic mass is 10.2. The fourth-order valence-electron chi connectivity index (χ4n) is 1.61. The van der Waals surface area contributed by atoms with E-state index in [0.717, 1.165) is 15.4 Å². The highest BCUT2D eigenvalue weighted by Gasteiger charge is 2.08. The van der Waals surface area contributed by atoms with Gasteiger partial charge in [0.2, 0.25) is 5.91 Å². The van der Waals surface area contributed by atoms with Crippen molar-refractivity contribution < 1.29 is 4.79 Å². The lowest BCUT2D eigenvalue weighted by Crippen LogP contribution is -2.25. The summed E-state index contributed by atoms with van der Waals surface area (Å²) in [5.41, 5.74) is 1.07. The van der Waals surface area contributed by atoms with Crippen molar-refractivity contribution >= 4 is 32.7 Å². The molecule has 0 N–H and O–H groups in total. The number of halogens is 1. The summed E-state index contributed by atoms with van der Waals surface area (Å²) in [6.07, 6.45) is 1.94. The number of fused-ring (bicyclic) bond motifs is 1. The van der Waals surface area contributed by atoms with Crippen LogP contribution in [-0.4, -0.2) is 29.5 Å². The highest BCUT2D eigenvalue weighted by molar-refractivity contribution is 9.10. The first-order chi connectivity index (χ1) is 7.59. The Morgan fingerprint density at radius 1 is 1.38 bits per heavy atom. The highest BCUT2D eigenvalue weighted by Crippen LogP contribution is 2.24. The summed E-state index contributed by atoms with van der Waals surface area (Å²) >= 11 is 3.50. The van der Waals surface area contributed by atoms with E-state index in [1.54, 1.807) is 19.0 Å². The Morgan fingerprint density at radius 3 is 2.81 bits per heavy atom. The fraction of sp³-hybridized carbons (Fsp3) is 0.250. The van der Waals surface area contributed by atoms with Crippen molar-refractivity contribution in [3.8, 4) is 0 Å². The number of likely N-dealkylation sites (N-methyl/N-ethyl adjacent to an activating group) is 1. The van der Waals surface area contributed by atoms with Gasteiger partial charge in [-0.2, -0.15) is 0 Å². The van der Waals surface area contributed by atoms with Crippen LogP contribution in [0.1, 0.15) is 0 Å². The molecule has 0 atom stereocenters. The molecule has 0 unspecified atom stereocenters. The second-order valence-electron chi connectivity index (χ2n) is 3.90. The second-order valence-corrected chi connectivity index (χ2v) is 4.76. The van der Waals surface area contributed by atoms with Gasteiger partial charge in [-0.05, 0) is 18.2 Å². The fourth-order valence-corrected chi connectivity index (χ4v) is 2.10. The minimum absolute atomic E-state index is 0.0949. The molecule has 1 aromatic heterocycles. The van der Waals surface area contributed by atoms with Gasteiger partial charge in [-0.25, -0.2) is 0 Å². The topological polar surface area (TPSA) is 25.2 Å². The molecule has 0 radical (unpaired) electrons. The summed E-state index contributed by atoms with van der Waals surface area (Å²) in [5, 5.41) is 1.13. The van der Waals surface area contributed by atoms with Crippen LogP contribution in [0.4, 0.5) is 0 Å². The maximum atomic E-state index is 11.6. The van der Waals surface area contributed by atoms with Crippen LogP contribution in [-0.2, 0) is 11.3 Å². The average Bonchev–Trinajstić information content (AvgIpc) is 2.63. The Hall–Kier alpha value is -1.29. The number of rotatable bonds is 2. The molecule has 1 heterocycles. The summed E-state index contributed by atoms with van der Waals surface area (Å²) in [7, 11) is 3.54. The predicted molar refractivity (Wildman–Crippen MR) is 68.3 cm³/mol. The van der Waals surface area contributed by atoms with E-state index < -0.39 is 0 Å². The van der Waals surface area contributed by atoms with Crippen molar-refractivity contribution in [3.05, 3.63) is 34.9 Å². The number of hydrogen-bond donors (Lipinski definition) is 0. The molecule has 0 aliphatic rings. The van der Waals surface area contributed by atoms with Crippen LogP contribution in [0.3, 0.4) is 0 Å². The molecule has 0 fully saturated rings. The molecule has 0 spiro atoms. The number of carbonyl (C=O) groups excluding carboxylic acids is 1. The average molecular weight is 281 g/mol. The van der Waals surface area contributed by atoms with Crippen molar-refractivity contribution in [2.24, 2.45) is 0 Å². The molecule has 84 valence electrons. The third-order valence-electron chi connectivity index (χ3n) is 2.56. The Balaban J connectivity index is 2.39. The van der Waals surface area contributed by atoms with Crippen LogP contribution in [0.25, 0.3) is 10.9 Å². The first kappa shape index (κ1) is 11.2. The van der Waals surface area contributed by atoms with Crippen LogP contribution < -0.4 is 0 Å². The molecule has 0 saturated heterocycles. The molecule has 4 heteroatoms.